The van der Waals surface area contributed by atoms with Gasteiger partial charge in [-0.05, 0) is 18.1 Å². The highest BCUT2D eigenvalue weighted by molar-refractivity contribution is 6.32. The number of alkyl halides is 3. The fraction of sp³-hybridized carbons (Fsp3) is 0.333. The van der Waals surface area contributed by atoms with Crippen LogP contribution in [0.15, 0.2) is 24.7 Å². The molecule has 0 aromatic carbocycles. The first-order valence-corrected chi connectivity index (χ1v) is 6.18. The second kappa shape index (κ2) is 5.70. The van der Waals surface area contributed by atoms with Crippen molar-refractivity contribution in [2.45, 2.75) is 12.6 Å². The number of pyridine rings is 1. The Kier molecular flexibility index (Phi) is 4.17. The number of halogens is 4. The maximum absolute atomic E-state index is 12.4. The fourth-order valence-electron chi connectivity index (χ4n) is 1.65. The molecule has 8 heteroatoms. The van der Waals surface area contributed by atoms with E-state index in [4.69, 9.17) is 11.6 Å². The van der Waals surface area contributed by atoms with Crippen molar-refractivity contribution in [3.8, 4) is 0 Å². The van der Waals surface area contributed by atoms with Gasteiger partial charge in [0.2, 0.25) is 0 Å². The molecule has 0 bridgehead atoms. The van der Waals surface area contributed by atoms with Crippen LogP contribution in [0.4, 0.5) is 19.0 Å². The first-order valence-electron chi connectivity index (χ1n) is 5.80. The maximum Gasteiger partial charge on any atom is 0.417 e. The molecule has 0 unspecified atom stereocenters. The molecule has 2 aromatic rings. The summed E-state index contributed by atoms with van der Waals surface area (Å²) < 4.78 is 39.0. The summed E-state index contributed by atoms with van der Waals surface area (Å²) in [7, 11) is 1.81. The lowest BCUT2D eigenvalue weighted by Crippen LogP contribution is -2.09. The molecule has 2 rings (SSSR count). The van der Waals surface area contributed by atoms with Gasteiger partial charge >= 0.3 is 6.18 Å². The third kappa shape index (κ3) is 3.63. The van der Waals surface area contributed by atoms with Crippen LogP contribution in [0.25, 0.3) is 0 Å². The van der Waals surface area contributed by atoms with Gasteiger partial charge in [0.15, 0.2) is 0 Å². The summed E-state index contributed by atoms with van der Waals surface area (Å²) in [5.74, 6) is 0.239. The molecule has 0 atom stereocenters. The van der Waals surface area contributed by atoms with Crippen molar-refractivity contribution in [2.24, 2.45) is 7.05 Å². The molecule has 0 amide bonds. The van der Waals surface area contributed by atoms with Crippen LogP contribution in [0.2, 0.25) is 5.02 Å². The molecule has 0 saturated heterocycles. The van der Waals surface area contributed by atoms with Crippen LogP contribution < -0.4 is 5.32 Å². The fourth-order valence-corrected chi connectivity index (χ4v) is 1.88. The van der Waals surface area contributed by atoms with E-state index >= 15 is 0 Å². The van der Waals surface area contributed by atoms with Crippen LogP contribution in [0.1, 0.15) is 11.1 Å². The van der Waals surface area contributed by atoms with Crippen LogP contribution in [0.3, 0.4) is 0 Å². The Bertz CT molecular complexity index is 595. The predicted molar refractivity (Wildman–Crippen MR) is 69.7 cm³/mol. The molecule has 0 spiro atoms. The predicted octanol–water partition coefficient (Wildman–Crippen LogP) is 3.14. The molecule has 0 aliphatic heterocycles. The molecule has 0 fully saturated rings. The van der Waals surface area contributed by atoms with Crippen LogP contribution in [-0.2, 0) is 19.6 Å². The summed E-state index contributed by atoms with van der Waals surface area (Å²) in [5, 5.41) is 6.87. The third-order valence-electron chi connectivity index (χ3n) is 2.63. The van der Waals surface area contributed by atoms with E-state index in [1.807, 2.05) is 13.2 Å². The normalized spacial score (nSPS) is 11.7. The van der Waals surface area contributed by atoms with Crippen LogP contribution in [0, 0.1) is 0 Å². The molecule has 0 aliphatic rings. The Morgan fingerprint density at radius 1 is 1.35 bits per heavy atom. The summed E-state index contributed by atoms with van der Waals surface area (Å²) >= 11 is 5.78. The smallest absolute Gasteiger partial charge is 0.369 e. The van der Waals surface area contributed by atoms with Gasteiger partial charge in [-0.1, -0.05) is 11.6 Å². The minimum absolute atomic E-state index is 0.0500. The van der Waals surface area contributed by atoms with Gasteiger partial charge in [0.25, 0.3) is 0 Å². The number of aryl methyl sites for hydroxylation is 1. The third-order valence-corrected chi connectivity index (χ3v) is 2.92. The van der Waals surface area contributed by atoms with Crippen molar-refractivity contribution in [2.75, 3.05) is 11.9 Å². The molecule has 4 nitrogen and oxygen atoms in total. The lowest BCUT2D eigenvalue weighted by Gasteiger charge is -2.10. The van der Waals surface area contributed by atoms with E-state index in [9.17, 15) is 13.2 Å². The number of nitrogens with one attached hydrogen (secondary N) is 1. The number of nitrogens with zero attached hydrogens (tertiary/aromatic N) is 3. The van der Waals surface area contributed by atoms with Crippen molar-refractivity contribution in [1.29, 1.82) is 0 Å². The molecule has 2 aromatic heterocycles. The summed E-state index contributed by atoms with van der Waals surface area (Å²) in [6.07, 6.45) is 0.586. The standard InChI is InChI=1S/C12H12ClF3N4/c1-20-7-8(5-19-20)2-3-17-11-10(13)4-9(6-18-11)12(14,15)16/h4-7H,2-3H2,1H3,(H,17,18). The molecule has 0 saturated carbocycles. The number of rotatable bonds is 4. The average Bonchev–Trinajstić information content (AvgIpc) is 2.76. The zero-order chi connectivity index (χ0) is 14.8. The van der Waals surface area contributed by atoms with E-state index in [2.05, 4.69) is 15.4 Å². The highest BCUT2D eigenvalue weighted by Gasteiger charge is 2.31. The highest BCUT2D eigenvalue weighted by atomic mass is 35.5. The molecule has 1 N–H and O–H groups in total. The van der Waals surface area contributed by atoms with Gasteiger partial charge in [-0.15, -0.1) is 0 Å². The van der Waals surface area contributed by atoms with Crippen LogP contribution in [-0.4, -0.2) is 21.3 Å². The monoisotopic (exact) mass is 304 g/mol. The van der Waals surface area contributed by atoms with Gasteiger partial charge in [0.1, 0.15) is 5.82 Å². The van der Waals surface area contributed by atoms with Gasteiger partial charge in [0.05, 0.1) is 16.8 Å². The minimum atomic E-state index is -4.44. The van der Waals surface area contributed by atoms with Crippen molar-refractivity contribution in [3.05, 3.63) is 40.8 Å². The van der Waals surface area contributed by atoms with Crippen LogP contribution in [0.5, 0.6) is 0 Å². The van der Waals surface area contributed by atoms with Crippen molar-refractivity contribution < 1.29 is 13.2 Å². The largest absolute Gasteiger partial charge is 0.417 e. The topological polar surface area (TPSA) is 42.7 Å². The molecule has 0 aliphatic carbocycles. The molecule has 20 heavy (non-hydrogen) atoms. The summed E-state index contributed by atoms with van der Waals surface area (Å²) in [6.45, 7) is 0.504. The van der Waals surface area contributed by atoms with Crippen molar-refractivity contribution in [1.82, 2.24) is 14.8 Å². The van der Waals surface area contributed by atoms with E-state index in [1.54, 1.807) is 10.9 Å². The summed E-state index contributed by atoms with van der Waals surface area (Å²) in [6, 6.07) is 0.862. The van der Waals surface area contributed by atoms with E-state index < -0.39 is 11.7 Å². The van der Waals surface area contributed by atoms with E-state index in [0.717, 1.165) is 17.8 Å². The summed E-state index contributed by atoms with van der Waals surface area (Å²) in [5.41, 5.74) is 0.156. The Morgan fingerprint density at radius 3 is 2.65 bits per heavy atom. The summed E-state index contributed by atoms with van der Waals surface area (Å²) in [4.78, 5) is 3.70. The molecular formula is C12H12ClF3N4. The lowest BCUT2D eigenvalue weighted by atomic mass is 10.2. The molecule has 2 heterocycles. The SMILES string of the molecule is Cn1cc(CCNc2ncc(C(F)(F)F)cc2Cl)cn1. The van der Waals surface area contributed by atoms with Gasteiger partial charge in [-0.25, -0.2) is 4.98 Å². The van der Waals surface area contributed by atoms with Gasteiger partial charge in [-0.2, -0.15) is 18.3 Å². The Balaban J connectivity index is 1.96. The van der Waals surface area contributed by atoms with Gasteiger partial charge in [0, 0.05) is 26.0 Å². The average molecular weight is 305 g/mol. The van der Waals surface area contributed by atoms with Gasteiger partial charge < -0.3 is 5.32 Å². The first kappa shape index (κ1) is 14.6. The Hall–Kier alpha value is -1.76. The van der Waals surface area contributed by atoms with Gasteiger partial charge in [-0.3, -0.25) is 4.68 Å². The Morgan fingerprint density at radius 2 is 2.10 bits per heavy atom. The first-order chi connectivity index (χ1) is 9.36. The second-order valence-electron chi connectivity index (χ2n) is 4.25. The quantitative estimate of drug-likeness (QED) is 0.943. The van der Waals surface area contributed by atoms with E-state index in [-0.39, 0.29) is 10.8 Å². The highest BCUT2D eigenvalue weighted by Crippen LogP contribution is 2.32. The molecule has 0 radical (unpaired) electrons. The number of hydrogen-bond donors (Lipinski definition) is 1. The Labute approximate surface area is 118 Å². The van der Waals surface area contributed by atoms with Crippen LogP contribution >= 0.6 is 11.6 Å². The maximum atomic E-state index is 12.4. The second-order valence-corrected chi connectivity index (χ2v) is 4.66. The number of anilines is 1. The van der Waals surface area contributed by atoms with Crippen molar-refractivity contribution >= 4 is 17.4 Å². The van der Waals surface area contributed by atoms with Crippen molar-refractivity contribution in [3.63, 3.8) is 0 Å². The molecular weight excluding hydrogens is 293 g/mol. The zero-order valence-corrected chi connectivity index (χ0v) is 11.3. The molecule has 108 valence electrons. The zero-order valence-electron chi connectivity index (χ0n) is 10.6. The number of aromatic nitrogens is 3. The lowest BCUT2D eigenvalue weighted by molar-refractivity contribution is -0.137. The number of hydrogen-bond acceptors (Lipinski definition) is 3. The van der Waals surface area contributed by atoms with E-state index in [0.29, 0.717) is 13.0 Å². The van der Waals surface area contributed by atoms with E-state index in [1.165, 1.54) is 0 Å². The minimum Gasteiger partial charge on any atom is -0.369 e.